The molecule has 6 aliphatic rings. The molecular formula is C49H61N13O4. The maximum absolute atomic E-state index is 13.2. The number of aromatic nitrogens is 7. The van der Waals surface area contributed by atoms with E-state index in [-0.39, 0.29) is 35.7 Å². The van der Waals surface area contributed by atoms with Crippen LogP contribution in [0.25, 0.3) is 33.8 Å². The first-order chi connectivity index (χ1) is 32.1. The van der Waals surface area contributed by atoms with Crippen molar-refractivity contribution in [3.05, 3.63) is 53.8 Å². The van der Waals surface area contributed by atoms with Crippen molar-refractivity contribution in [3.63, 3.8) is 0 Å². The molecule has 66 heavy (non-hydrogen) atoms. The zero-order valence-electron chi connectivity index (χ0n) is 38.3. The molecule has 5 aromatic rings. The van der Waals surface area contributed by atoms with Gasteiger partial charge in [-0.3, -0.25) is 19.7 Å². The number of hydrogen-bond donors (Lipinski definition) is 2. The molecule has 17 nitrogen and oxygen atoms in total. The number of amides is 3. The monoisotopic (exact) mass is 895 g/mol. The molecule has 1 saturated carbocycles. The molecule has 4 saturated heterocycles. The van der Waals surface area contributed by atoms with Gasteiger partial charge in [-0.05, 0) is 95.4 Å². The number of carbonyl (C=O) groups excluding carboxylic acids is 3. The summed E-state index contributed by atoms with van der Waals surface area (Å²) in [5, 5.41) is 12.6. The third-order valence-electron chi connectivity index (χ3n) is 15.1. The first-order valence-corrected chi connectivity index (χ1v) is 24.4. The third kappa shape index (κ3) is 7.96. The molecule has 0 bridgehead atoms. The van der Waals surface area contributed by atoms with Gasteiger partial charge in [0.2, 0.25) is 17.7 Å². The van der Waals surface area contributed by atoms with Gasteiger partial charge in [0, 0.05) is 105 Å². The van der Waals surface area contributed by atoms with E-state index >= 15 is 0 Å². The molecule has 5 fully saturated rings. The van der Waals surface area contributed by atoms with Gasteiger partial charge < -0.3 is 29.9 Å². The smallest absolute Gasteiger partial charge is 0.249 e. The number of unbranched alkanes of at least 4 members (excludes halogenated alkanes) is 4. The third-order valence-corrected chi connectivity index (χ3v) is 15.1. The van der Waals surface area contributed by atoms with E-state index in [2.05, 4.69) is 58.2 Å². The van der Waals surface area contributed by atoms with Crippen molar-refractivity contribution in [1.29, 1.82) is 0 Å². The van der Waals surface area contributed by atoms with Gasteiger partial charge in [-0.2, -0.15) is 5.10 Å². The van der Waals surface area contributed by atoms with Crippen LogP contribution < -0.4 is 20.9 Å². The van der Waals surface area contributed by atoms with Crippen LogP contribution in [0.1, 0.15) is 126 Å². The highest BCUT2D eigenvalue weighted by Crippen LogP contribution is 2.49. The largest absolute Gasteiger partial charge is 0.383 e. The van der Waals surface area contributed by atoms with E-state index in [9.17, 15) is 14.4 Å². The number of nitrogens with two attached hydrogens (primary N) is 1. The number of fused-ring (bicyclic) bond motifs is 2. The maximum atomic E-state index is 13.2. The second kappa shape index (κ2) is 17.4. The quantitative estimate of drug-likeness (QED) is 0.0915. The Morgan fingerprint density at radius 1 is 0.864 bits per heavy atom. The van der Waals surface area contributed by atoms with Gasteiger partial charge in [0.15, 0.2) is 17.2 Å². The van der Waals surface area contributed by atoms with E-state index in [1.165, 1.54) is 49.9 Å². The standard InChI is InChI=1S/C49H61N13O4/c1-30(2)62-47-41(45(50)53-29-54-47)42(56-62)43-40(44(66-57-43)32-12-13-32)46-51-23-33(24-52-46)31-16-20-59(21-17-31)39(64)11-6-4-3-5-7-19-58-25-49(26-58)27-60(28-49)35-9-8-10-36-34(35)18-22-61(36)37-14-15-38(63)55-48(37)65/h8-10,23-24,29-32,37H,3-7,11-22,25-28H2,1-2H3,(H2,50,53,54)(H,55,63,65). The number of nitrogens with one attached hydrogen (secondary N) is 1. The lowest BCUT2D eigenvalue weighted by atomic mass is 9.72. The van der Waals surface area contributed by atoms with E-state index < -0.39 is 0 Å². The van der Waals surface area contributed by atoms with E-state index in [0.29, 0.717) is 64.7 Å². The van der Waals surface area contributed by atoms with Crippen LogP contribution in [-0.2, 0) is 20.8 Å². The number of carbonyl (C=O) groups is 3. The van der Waals surface area contributed by atoms with E-state index in [1.54, 1.807) is 0 Å². The van der Waals surface area contributed by atoms with Crippen LogP contribution in [0.2, 0.25) is 0 Å². The van der Waals surface area contributed by atoms with Gasteiger partial charge in [0.1, 0.15) is 29.6 Å². The Morgan fingerprint density at radius 3 is 2.38 bits per heavy atom. The van der Waals surface area contributed by atoms with Crippen molar-refractivity contribution in [3.8, 4) is 22.8 Å². The van der Waals surface area contributed by atoms with Crippen molar-refractivity contribution < 1.29 is 18.9 Å². The predicted molar refractivity (Wildman–Crippen MR) is 250 cm³/mol. The summed E-state index contributed by atoms with van der Waals surface area (Å²) in [6, 6.07) is 6.29. The number of likely N-dealkylation sites (tertiary alicyclic amines) is 2. The minimum absolute atomic E-state index is 0.0488. The summed E-state index contributed by atoms with van der Waals surface area (Å²) < 4.78 is 7.81. The molecule has 9 heterocycles. The normalized spacial score (nSPS) is 20.9. The lowest BCUT2D eigenvalue weighted by molar-refractivity contribution is -0.134. The Hall–Kier alpha value is -5.97. The minimum atomic E-state index is -0.259. The van der Waals surface area contributed by atoms with Crippen molar-refractivity contribution in [2.45, 2.75) is 121 Å². The molecule has 5 aliphatic heterocycles. The fraction of sp³-hybridized carbons (Fsp3) is 0.571. The first kappa shape index (κ1) is 42.7. The number of benzene rings is 1. The highest BCUT2D eigenvalue weighted by molar-refractivity contribution is 6.02. The minimum Gasteiger partial charge on any atom is -0.383 e. The SMILES string of the molecule is CC(C)n1nc(-c2noc(C3CC3)c2-c2ncc(C3CCN(C(=O)CCCCCCCN4CC5(C4)CN(c4cccc6c4CCN6C4CCC(=O)NC4=O)C5)CC3)cn2)c2c(N)ncnc21. The zero-order chi connectivity index (χ0) is 45.1. The number of hydrogen-bond acceptors (Lipinski definition) is 14. The predicted octanol–water partition coefficient (Wildman–Crippen LogP) is 6.02. The molecule has 1 aromatic carbocycles. The van der Waals surface area contributed by atoms with Gasteiger partial charge >= 0.3 is 0 Å². The molecule has 3 amide bonds. The number of nitrogen functional groups attached to an aromatic ring is 1. The molecule has 346 valence electrons. The van der Waals surface area contributed by atoms with Gasteiger partial charge in [0.25, 0.3) is 0 Å². The van der Waals surface area contributed by atoms with Gasteiger partial charge in [-0.1, -0.05) is 30.5 Å². The zero-order valence-corrected chi connectivity index (χ0v) is 38.3. The molecule has 3 N–H and O–H groups in total. The Kier molecular flexibility index (Phi) is 11.2. The Labute approximate surface area is 384 Å². The van der Waals surface area contributed by atoms with Crippen LogP contribution in [0.4, 0.5) is 17.2 Å². The van der Waals surface area contributed by atoms with Crippen LogP contribution >= 0.6 is 0 Å². The molecule has 1 atom stereocenters. The number of imide groups is 1. The van der Waals surface area contributed by atoms with E-state index in [4.69, 9.17) is 25.3 Å². The molecule has 4 aromatic heterocycles. The van der Waals surface area contributed by atoms with Crippen LogP contribution in [0.3, 0.4) is 0 Å². The van der Waals surface area contributed by atoms with Crippen LogP contribution in [0.15, 0.2) is 41.4 Å². The molecule has 11 rings (SSSR count). The van der Waals surface area contributed by atoms with E-state index in [1.807, 2.05) is 30.9 Å². The number of piperidine rings is 2. The Balaban J connectivity index is 0.596. The van der Waals surface area contributed by atoms with Crippen molar-refractivity contribution in [1.82, 2.24) is 50.0 Å². The lowest BCUT2D eigenvalue weighted by Gasteiger charge is -2.61. The Morgan fingerprint density at radius 2 is 1.62 bits per heavy atom. The fourth-order valence-electron chi connectivity index (χ4n) is 11.5. The summed E-state index contributed by atoms with van der Waals surface area (Å²) in [7, 11) is 0. The van der Waals surface area contributed by atoms with Crippen molar-refractivity contribution >= 4 is 45.9 Å². The Bertz CT molecular complexity index is 2630. The first-order valence-electron chi connectivity index (χ1n) is 24.4. The fourth-order valence-corrected chi connectivity index (χ4v) is 11.5. The van der Waals surface area contributed by atoms with Gasteiger partial charge in [-0.15, -0.1) is 0 Å². The molecular weight excluding hydrogens is 835 g/mol. The second-order valence-electron chi connectivity index (χ2n) is 20.2. The van der Waals surface area contributed by atoms with Crippen LogP contribution in [0, 0.1) is 5.41 Å². The highest BCUT2D eigenvalue weighted by Gasteiger charge is 2.52. The average molecular weight is 896 g/mol. The maximum Gasteiger partial charge on any atom is 0.249 e. The van der Waals surface area contributed by atoms with Crippen LogP contribution in [-0.4, -0.2) is 121 Å². The van der Waals surface area contributed by atoms with Crippen molar-refractivity contribution in [2.75, 3.05) is 67.9 Å². The van der Waals surface area contributed by atoms with E-state index in [0.717, 1.165) is 107 Å². The van der Waals surface area contributed by atoms with Gasteiger partial charge in [0.05, 0.1) is 10.9 Å². The topological polar surface area (TPSA) is 198 Å². The molecule has 1 unspecified atom stereocenters. The lowest BCUT2D eigenvalue weighted by Crippen LogP contribution is -2.72. The molecule has 0 radical (unpaired) electrons. The summed E-state index contributed by atoms with van der Waals surface area (Å²) >= 11 is 0. The second-order valence-corrected chi connectivity index (χ2v) is 20.2. The summed E-state index contributed by atoms with van der Waals surface area (Å²) in [4.78, 5) is 65.5. The van der Waals surface area contributed by atoms with Crippen LogP contribution in [0.5, 0.6) is 0 Å². The number of anilines is 3. The number of rotatable bonds is 15. The molecule has 1 spiro atoms. The summed E-state index contributed by atoms with van der Waals surface area (Å²) in [6.45, 7) is 12.1. The highest BCUT2D eigenvalue weighted by atomic mass is 16.5. The molecule has 1 aliphatic carbocycles. The summed E-state index contributed by atoms with van der Waals surface area (Å²) in [5.74, 6) is 2.20. The van der Waals surface area contributed by atoms with Crippen molar-refractivity contribution in [2.24, 2.45) is 5.41 Å². The average Bonchev–Trinajstić information content (AvgIpc) is 3.69. The summed E-state index contributed by atoms with van der Waals surface area (Å²) in [6.07, 6.45) is 17.4. The molecule has 17 heteroatoms. The summed E-state index contributed by atoms with van der Waals surface area (Å²) in [5.41, 5.74) is 14.2. The number of nitrogens with zero attached hydrogens (tertiary/aromatic N) is 11. The van der Waals surface area contributed by atoms with Gasteiger partial charge in [-0.25, -0.2) is 24.6 Å².